The lowest BCUT2D eigenvalue weighted by Crippen LogP contribution is -2.08. The van der Waals surface area contributed by atoms with E-state index >= 15 is 0 Å². The molecule has 2 aromatic rings. The number of hydrogen-bond donors (Lipinski definition) is 1. The van der Waals surface area contributed by atoms with Gasteiger partial charge in [0.1, 0.15) is 11.3 Å². The van der Waals surface area contributed by atoms with E-state index < -0.39 is 5.97 Å². The largest absolute Gasteiger partial charge is 0.507 e. The molecule has 0 atom stereocenters. The zero-order valence-electron chi connectivity index (χ0n) is 9.95. The summed E-state index contributed by atoms with van der Waals surface area (Å²) < 4.78 is 7.12. The summed E-state index contributed by atoms with van der Waals surface area (Å²) in [5, 5.41) is 9.48. The van der Waals surface area contributed by atoms with E-state index in [0.29, 0.717) is 6.61 Å². The second-order valence-electron chi connectivity index (χ2n) is 3.93. The second-order valence-corrected chi connectivity index (χ2v) is 3.93. The first-order chi connectivity index (χ1) is 8.77. The molecule has 94 valence electrons. The van der Waals surface area contributed by atoms with Crippen LogP contribution in [0, 0.1) is 0 Å². The summed E-state index contributed by atoms with van der Waals surface area (Å²) in [6.45, 7) is 1.15. The van der Waals surface area contributed by atoms with Crippen LogP contribution in [0.1, 0.15) is 16.8 Å². The van der Waals surface area contributed by atoms with Crippen LogP contribution < -0.4 is 0 Å². The summed E-state index contributed by atoms with van der Waals surface area (Å²) in [6.07, 6.45) is 4.67. The van der Waals surface area contributed by atoms with Gasteiger partial charge in [-0.05, 0) is 30.7 Å². The topological polar surface area (TPSA) is 51.5 Å². The molecule has 0 spiro atoms. The first-order valence-electron chi connectivity index (χ1n) is 5.83. The van der Waals surface area contributed by atoms with Crippen LogP contribution in [0.2, 0.25) is 0 Å². The molecule has 0 aliphatic heterocycles. The molecule has 2 rings (SSSR count). The summed E-state index contributed by atoms with van der Waals surface area (Å²) >= 11 is 0. The van der Waals surface area contributed by atoms with Crippen molar-refractivity contribution in [1.29, 1.82) is 0 Å². The highest BCUT2D eigenvalue weighted by molar-refractivity contribution is 5.92. The number of para-hydroxylation sites is 1. The van der Waals surface area contributed by atoms with Gasteiger partial charge in [0.2, 0.25) is 0 Å². The number of carbonyl (C=O) groups is 1. The average molecular weight is 245 g/mol. The van der Waals surface area contributed by atoms with Gasteiger partial charge in [-0.1, -0.05) is 12.1 Å². The quantitative estimate of drug-likeness (QED) is 0.650. The van der Waals surface area contributed by atoms with E-state index in [1.54, 1.807) is 18.2 Å². The Labute approximate surface area is 105 Å². The maximum atomic E-state index is 11.6. The van der Waals surface area contributed by atoms with Crippen LogP contribution >= 0.6 is 0 Å². The molecule has 0 saturated carbocycles. The number of rotatable bonds is 5. The van der Waals surface area contributed by atoms with Gasteiger partial charge in [-0.15, -0.1) is 0 Å². The molecule has 0 fully saturated rings. The number of phenolic OH excluding ortho intramolecular Hbond substituents is 1. The Balaban J connectivity index is 1.77. The highest BCUT2D eigenvalue weighted by atomic mass is 16.5. The Morgan fingerprint density at radius 2 is 1.89 bits per heavy atom. The number of carbonyl (C=O) groups excluding carboxylic acids is 1. The van der Waals surface area contributed by atoms with Crippen molar-refractivity contribution in [2.45, 2.75) is 13.0 Å². The van der Waals surface area contributed by atoms with Gasteiger partial charge in [0.25, 0.3) is 0 Å². The third kappa shape index (κ3) is 3.13. The lowest BCUT2D eigenvalue weighted by atomic mass is 10.2. The van der Waals surface area contributed by atoms with Gasteiger partial charge in [0.15, 0.2) is 0 Å². The van der Waals surface area contributed by atoms with Crippen molar-refractivity contribution in [1.82, 2.24) is 4.57 Å². The maximum absolute atomic E-state index is 11.6. The number of esters is 1. The number of ether oxygens (including phenoxy) is 1. The molecule has 0 saturated heterocycles. The predicted octanol–water partition coefficient (Wildman–Crippen LogP) is 2.44. The van der Waals surface area contributed by atoms with Crippen molar-refractivity contribution in [3.05, 3.63) is 54.4 Å². The fourth-order valence-electron chi connectivity index (χ4n) is 1.66. The molecule has 0 aliphatic carbocycles. The van der Waals surface area contributed by atoms with Crippen molar-refractivity contribution in [2.24, 2.45) is 0 Å². The van der Waals surface area contributed by atoms with Crippen LogP contribution in [0.25, 0.3) is 0 Å². The lowest BCUT2D eigenvalue weighted by molar-refractivity contribution is 0.0492. The van der Waals surface area contributed by atoms with Crippen molar-refractivity contribution < 1.29 is 14.6 Å². The van der Waals surface area contributed by atoms with Crippen LogP contribution in [0.3, 0.4) is 0 Å². The summed E-state index contributed by atoms with van der Waals surface area (Å²) in [5.74, 6) is -0.534. The van der Waals surface area contributed by atoms with Gasteiger partial charge in [-0.3, -0.25) is 0 Å². The number of hydrogen-bond acceptors (Lipinski definition) is 3. The summed E-state index contributed by atoms with van der Waals surface area (Å²) in [5.41, 5.74) is 0.207. The van der Waals surface area contributed by atoms with E-state index in [9.17, 15) is 9.90 Å². The second kappa shape index (κ2) is 5.91. The molecule has 1 N–H and O–H groups in total. The average Bonchev–Trinajstić information content (AvgIpc) is 2.88. The Morgan fingerprint density at radius 1 is 1.17 bits per heavy atom. The molecule has 18 heavy (non-hydrogen) atoms. The molecular formula is C14H15NO3. The standard InChI is InChI=1S/C14H15NO3/c16-13-7-2-1-6-12(13)14(17)18-11-5-10-15-8-3-4-9-15/h1-4,6-9,16H,5,10-11H2. The van der Waals surface area contributed by atoms with Crippen LogP contribution in [0.5, 0.6) is 5.75 Å². The van der Waals surface area contributed by atoms with Crippen LogP contribution in [-0.2, 0) is 11.3 Å². The summed E-state index contributed by atoms with van der Waals surface area (Å²) in [4.78, 5) is 11.6. The normalized spacial score (nSPS) is 10.2. The van der Waals surface area contributed by atoms with Crippen molar-refractivity contribution in [3.63, 3.8) is 0 Å². The molecule has 4 nitrogen and oxygen atoms in total. The number of benzene rings is 1. The Bertz CT molecular complexity index is 506. The van der Waals surface area contributed by atoms with E-state index in [0.717, 1.165) is 13.0 Å². The Hall–Kier alpha value is -2.23. The fraction of sp³-hybridized carbons (Fsp3) is 0.214. The monoisotopic (exact) mass is 245 g/mol. The van der Waals surface area contributed by atoms with Gasteiger partial charge in [-0.25, -0.2) is 4.79 Å². The molecular weight excluding hydrogens is 230 g/mol. The molecule has 0 radical (unpaired) electrons. The summed E-state index contributed by atoms with van der Waals surface area (Å²) in [7, 11) is 0. The minimum Gasteiger partial charge on any atom is -0.507 e. The van der Waals surface area contributed by atoms with E-state index in [-0.39, 0.29) is 11.3 Å². The van der Waals surface area contributed by atoms with Crippen molar-refractivity contribution in [2.75, 3.05) is 6.61 Å². The molecule has 0 amide bonds. The first kappa shape index (κ1) is 12.2. The highest BCUT2D eigenvalue weighted by Crippen LogP contribution is 2.16. The SMILES string of the molecule is O=C(OCCCn1cccc1)c1ccccc1O. The Kier molecular flexibility index (Phi) is 4.02. The van der Waals surface area contributed by atoms with E-state index in [1.807, 2.05) is 29.1 Å². The number of aromatic hydroxyl groups is 1. The van der Waals surface area contributed by atoms with Gasteiger partial charge in [-0.2, -0.15) is 0 Å². The number of aromatic nitrogens is 1. The van der Waals surface area contributed by atoms with Gasteiger partial charge in [0, 0.05) is 18.9 Å². The van der Waals surface area contributed by atoms with E-state index in [1.165, 1.54) is 6.07 Å². The Morgan fingerprint density at radius 3 is 2.61 bits per heavy atom. The smallest absolute Gasteiger partial charge is 0.341 e. The van der Waals surface area contributed by atoms with Crippen LogP contribution in [0.15, 0.2) is 48.8 Å². The number of nitrogens with zero attached hydrogens (tertiary/aromatic N) is 1. The third-order valence-electron chi connectivity index (χ3n) is 2.58. The van der Waals surface area contributed by atoms with E-state index in [4.69, 9.17) is 4.74 Å². The highest BCUT2D eigenvalue weighted by Gasteiger charge is 2.10. The number of aryl methyl sites for hydroxylation is 1. The summed E-state index contributed by atoms with van der Waals surface area (Å²) in [6, 6.07) is 10.3. The molecule has 0 aliphatic rings. The van der Waals surface area contributed by atoms with Crippen LogP contribution in [0.4, 0.5) is 0 Å². The van der Waals surface area contributed by atoms with Crippen molar-refractivity contribution >= 4 is 5.97 Å². The van der Waals surface area contributed by atoms with Crippen LogP contribution in [-0.4, -0.2) is 22.2 Å². The molecule has 1 heterocycles. The minimum absolute atomic E-state index is 0.0482. The van der Waals surface area contributed by atoms with Gasteiger partial charge >= 0.3 is 5.97 Å². The zero-order valence-corrected chi connectivity index (χ0v) is 9.95. The zero-order chi connectivity index (χ0) is 12.8. The van der Waals surface area contributed by atoms with E-state index in [2.05, 4.69) is 0 Å². The minimum atomic E-state index is -0.486. The van der Waals surface area contributed by atoms with Crippen molar-refractivity contribution in [3.8, 4) is 5.75 Å². The molecule has 0 bridgehead atoms. The lowest BCUT2D eigenvalue weighted by Gasteiger charge is -2.06. The molecule has 0 unspecified atom stereocenters. The maximum Gasteiger partial charge on any atom is 0.341 e. The van der Waals surface area contributed by atoms with Gasteiger partial charge in [0.05, 0.1) is 6.61 Å². The molecule has 1 aromatic heterocycles. The molecule has 4 heteroatoms. The fourth-order valence-corrected chi connectivity index (χ4v) is 1.66. The third-order valence-corrected chi connectivity index (χ3v) is 2.58. The first-order valence-corrected chi connectivity index (χ1v) is 5.83. The number of phenols is 1. The molecule has 1 aromatic carbocycles. The predicted molar refractivity (Wildman–Crippen MR) is 67.4 cm³/mol. The van der Waals surface area contributed by atoms with Gasteiger partial charge < -0.3 is 14.4 Å².